The van der Waals surface area contributed by atoms with E-state index in [0.29, 0.717) is 17.0 Å². The van der Waals surface area contributed by atoms with Crippen molar-refractivity contribution in [2.24, 2.45) is 0 Å². The van der Waals surface area contributed by atoms with Gasteiger partial charge in [0.15, 0.2) is 5.76 Å². The number of hydrogen-bond donors (Lipinski definition) is 1. The smallest absolute Gasteiger partial charge is 0.289 e. The maximum absolute atomic E-state index is 13.1. The van der Waals surface area contributed by atoms with E-state index >= 15 is 0 Å². The maximum Gasteiger partial charge on any atom is 0.289 e. The summed E-state index contributed by atoms with van der Waals surface area (Å²) < 4.78 is 11.8. The van der Waals surface area contributed by atoms with E-state index in [0.717, 1.165) is 30.4 Å². The van der Waals surface area contributed by atoms with Crippen LogP contribution < -0.4 is 4.74 Å². The Labute approximate surface area is 174 Å². The molecule has 1 N–H and O–H groups in total. The van der Waals surface area contributed by atoms with Crippen LogP contribution in [0.15, 0.2) is 59.0 Å². The van der Waals surface area contributed by atoms with E-state index in [1.165, 1.54) is 0 Å². The van der Waals surface area contributed by atoms with Crippen molar-refractivity contribution in [3.05, 3.63) is 65.4 Å². The molecule has 1 fully saturated rings. The Morgan fingerprint density at radius 2 is 1.90 bits per heavy atom. The van der Waals surface area contributed by atoms with Gasteiger partial charge in [0.1, 0.15) is 23.5 Å². The number of benzene rings is 2. The van der Waals surface area contributed by atoms with E-state index in [9.17, 15) is 9.90 Å². The molecule has 3 aromatic rings. The Hall–Kier alpha value is -2.50. The number of furan rings is 1. The summed E-state index contributed by atoms with van der Waals surface area (Å²) >= 11 is 6.03. The predicted octanol–water partition coefficient (Wildman–Crippen LogP) is 4.91. The van der Waals surface area contributed by atoms with E-state index in [4.69, 9.17) is 20.8 Å². The number of nitrogens with zero attached hydrogens (tertiary/aromatic N) is 1. The van der Waals surface area contributed by atoms with E-state index in [2.05, 4.69) is 0 Å². The Balaban J connectivity index is 1.53. The third kappa shape index (κ3) is 4.26. The summed E-state index contributed by atoms with van der Waals surface area (Å²) in [5.74, 6) is 0.698. The van der Waals surface area contributed by atoms with Crippen LogP contribution in [0.2, 0.25) is 5.02 Å². The third-order valence-corrected chi connectivity index (χ3v) is 5.79. The van der Waals surface area contributed by atoms with Crippen LogP contribution in [0.4, 0.5) is 0 Å². The van der Waals surface area contributed by atoms with E-state index in [1.807, 2.05) is 30.3 Å². The number of halogens is 1. The molecule has 29 heavy (non-hydrogen) atoms. The standard InChI is InChI=1S/C23H24ClNO4/c1-25(23(27)21-14-15-13-16(24)11-12-19(15)29-21)18-9-5-6-10-20(22(18)26)28-17-7-3-2-4-8-17/h2-4,7-8,11-14,18,20,22,26H,5-6,9-10H2,1H3/t18-,20-,22-/m1/s1. The normalized spacial score (nSPS) is 22.2. The van der Waals surface area contributed by atoms with E-state index in [1.54, 1.807) is 36.2 Å². The van der Waals surface area contributed by atoms with Gasteiger partial charge in [0.2, 0.25) is 0 Å². The number of aliphatic hydroxyl groups is 1. The van der Waals surface area contributed by atoms with Crippen molar-refractivity contribution >= 4 is 28.5 Å². The second-order valence-corrected chi connectivity index (χ2v) is 7.96. The first-order valence-electron chi connectivity index (χ1n) is 9.89. The van der Waals surface area contributed by atoms with Gasteiger partial charge in [-0.2, -0.15) is 0 Å². The number of likely N-dealkylation sites (N-methyl/N-ethyl adjacent to an activating group) is 1. The SMILES string of the molecule is CN(C(=O)c1cc2cc(Cl)ccc2o1)[C@@H]1CCCC[C@@H](Oc2ccccc2)[C@@H]1O. The number of ether oxygens (including phenoxy) is 1. The molecule has 4 rings (SSSR count). The molecule has 0 spiro atoms. The van der Waals surface area contributed by atoms with Crippen molar-refractivity contribution in [1.82, 2.24) is 4.90 Å². The van der Waals surface area contributed by atoms with Gasteiger partial charge in [-0.1, -0.05) is 36.2 Å². The molecule has 1 heterocycles. The van der Waals surface area contributed by atoms with Crippen LogP contribution in [0.1, 0.15) is 36.2 Å². The lowest BCUT2D eigenvalue weighted by Gasteiger charge is -2.33. The average Bonchev–Trinajstić information content (AvgIpc) is 3.06. The number of para-hydroxylation sites is 1. The molecule has 5 nitrogen and oxygen atoms in total. The number of carbonyl (C=O) groups excluding carboxylic acids is 1. The molecule has 0 unspecified atom stereocenters. The molecule has 152 valence electrons. The van der Waals surface area contributed by atoms with Gasteiger partial charge in [0.25, 0.3) is 5.91 Å². The molecular weight excluding hydrogens is 390 g/mol. The number of carbonyl (C=O) groups is 1. The summed E-state index contributed by atoms with van der Waals surface area (Å²) in [6.45, 7) is 0. The van der Waals surface area contributed by atoms with Crippen LogP contribution in [0.3, 0.4) is 0 Å². The topological polar surface area (TPSA) is 62.9 Å². The Kier molecular flexibility index (Phi) is 5.79. The van der Waals surface area contributed by atoms with E-state index < -0.39 is 6.10 Å². The fraction of sp³-hybridized carbons (Fsp3) is 0.348. The number of aliphatic hydroxyl groups excluding tert-OH is 1. The second kappa shape index (κ2) is 8.47. The lowest BCUT2D eigenvalue weighted by Crippen LogP contribution is -2.49. The summed E-state index contributed by atoms with van der Waals surface area (Å²) in [6, 6.07) is 16.1. The maximum atomic E-state index is 13.1. The quantitative estimate of drug-likeness (QED) is 0.617. The first-order valence-corrected chi connectivity index (χ1v) is 10.3. The lowest BCUT2D eigenvalue weighted by molar-refractivity contribution is -0.0149. The van der Waals surface area contributed by atoms with Crippen molar-refractivity contribution in [2.75, 3.05) is 7.05 Å². The first-order chi connectivity index (χ1) is 14.0. The van der Waals surface area contributed by atoms with Crippen molar-refractivity contribution in [3.8, 4) is 5.75 Å². The van der Waals surface area contributed by atoms with Crippen LogP contribution >= 0.6 is 11.6 Å². The number of fused-ring (bicyclic) bond motifs is 1. The minimum Gasteiger partial charge on any atom is -0.488 e. The minimum atomic E-state index is -0.787. The fourth-order valence-corrected chi connectivity index (χ4v) is 4.14. The number of amides is 1. The second-order valence-electron chi connectivity index (χ2n) is 7.52. The van der Waals surface area contributed by atoms with Crippen LogP contribution in [-0.2, 0) is 0 Å². The van der Waals surface area contributed by atoms with Crippen molar-refractivity contribution < 1.29 is 19.1 Å². The minimum absolute atomic E-state index is 0.238. The Morgan fingerprint density at radius 3 is 2.69 bits per heavy atom. The first kappa shape index (κ1) is 19.8. The van der Waals surface area contributed by atoms with Crippen LogP contribution in [-0.4, -0.2) is 41.2 Å². The van der Waals surface area contributed by atoms with Gasteiger partial charge >= 0.3 is 0 Å². The summed E-state index contributed by atoms with van der Waals surface area (Å²) in [7, 11) is 1.71. The van der Waals surface area contributed by atoms with Gasteiger partial charge in [-0.15, -0.1) is 0 Å². The molecule has 0 bridgehead atoms. The van der Waals surface area contributed by atoms with Gasteiger partial charge in [0, 0.05) is 17.5 Å². The monoisotopic (exact) mass is 413 g/mol. The van der Waals surface area contributed by atoms with Crippen LogP contribution in [0, 0.1) is 0 Å². The summed E-state index contributed by atoms with van der Waals surface area (Å²) in [5.41, 5.74) is 0.609. The summed E-state index contributed by atoms with van der Waals surface area (Å²) in [6.07, 6.45) is 2.17. The highest BCUT2D eigenvalue weighted by atomic mass is 35.5. The molecule has 1 saturated carbocycles. The Morgan fingerprint density at radius 1 is 1.14 bits per heavy atom. The zero-order valence-electron chi connectivity index (χ0n) is 16.3. The highest BCUT2D eigenvalue weighted by molar-refractivity contribution is 6.31. The molecule has 1 amide bonds. The fourth-order valence-electron chi connectivity index (χ4n) is 3.96. The van der Waals surface area contributed by atoms with Gasteiger partial charge in [-0.05, 0) is 55.7 Å². The molecule has 0 saturated heterocycles. The zero-order valence-corrected chi connectivity index (χ0v) is 17.0. The lowest BCUT2D eigenvalue weighted by atomic mass is 10.0. The predicted molar refractivity (Wildman–Crippen MR) is 112 cm³/mol. The highest BCUT2D eigenvalue weighted by Gasteiger charge is 2.36. The number of hydrogen-bond acceptors (Lipinski definition) is 4. The molecular formula is C23H24ClNO4. The molecule has 6 heteroatoms. The molecule has 0 radical (unpaired) electrons. The van der Waals surface area contributed by atoms with Gasteiger partial charge in [0.05, 0.1) is 6.04 Å². The van der Waals surface area contributed by atoms with E-state index in [-0.39, 0.29) is 23.8 Å². The van der Waals surface area contributed by atoms with Crippen molar-refractivity contribution in [1.29, 1.82) is 0 Å². The summed E-state index contributed by atoms with van der Waals surface area (Å²) in [4.78, 5) is 14.6. The Bertz CT molecular complexity index is 987. The average molecular weight is 414 g/mol. The zero-order chi connectivity index (χ0) is 20.4. The van der Waals surface area contributed by atoms with Gasteiger partial charge < -0.3 is 19.2 Å². The number of rotatable bonds is 4. The molecule has 3 atom stereocenters. The third-order valence-electron chi connectivity index (χ3n) is 5.55. The summed E-state index contributed by atoms with van der Waals surface area (Å²) in [5, 5.41) is 12.4. The van der Waals surface area contributed by atoms with Crippen LogP contribution in [0.25, 0.3) is 11.0 Å². The van der Waals surface area contributed by atoms with Gasteiger partial charge in [-0.25, -0.2) is 0 Å². The highest BCUT2D eigenvalue weighted by Crippen LogP contribution is 2.28. The molecule has 2 aromatic carbocycles. The van der Waals surface area contributed by atoms with Crippen molar-refractivity contribution in [2.45, 2.75) is 43.9 Å². The molecule has 1 aliphatic carbocycles. The van der Waals surface area contributed by atoms with Crippen LogP contribution in [0.5, 0.6) is 5.75 Å². The molecule has 1 aliphatic rings. The molecule has 0 aliphatic heterocycles. The largest absolute Gasteiger partial charge is 0.488 e. The van der Waals surface area contributed by atoms with Gasteiger partial charge in [-0.3, -0.25) is 4.79 Å². The molecule has 1 aromatic heterocycles. The van der Waals surface area contributed by atoms with Crippen molar-refractivity contribution in [3.63, 3.8) is 0 Å².